The Labute approximate surface area is 247 Å². The molecule has 1 N–H and O–H groups in total. The number of aliphatic hydroxyl groups is 1. The molecule has 0 aliphatic carbocycles. The minimum atomic E-state index is 0.00751. The second-order valence-electron chi connectivity index (χ2n) is 9.29. The summed E-state index contributed by atoms with van der Waals surface area (Å²) in [6, 6.07) is 18.3. The molecular weight excluding hydrogens is 630 g/mol. The molecule has 9 heteroatoms. The number of nitrogens with zero attached hydrogens (tertiary/aromatic N) is 1. The van der Waals surface area contributed by atoms with Crippen molar-refractivity contribution in [3.63, 3.8) is 0 Å². The maximum atomic E-state index is 9.32. The molecular formula is C30H35Br2NO6. The fraction of sp³-hybridized carbons (Fsp3) is 0.400. The number of methoxy groups -OCH3 is 2. The molecule has 7 nitrogen and oxygen atoms in total. The van der Waals surface area contributed by atoms with Crippen LogP contribution in [0, 0.1) is 0 Å². The highest BCUT2D eigenvalue weighted by atomic mass is 79.9. The minimum Gasteiger partial charge on any atom is -0.493 e. The van der Waals surface area contributed by atoms with Crippen molar-refractivity contribution >= 4 is 31.9 Å². The zero-order valence-electron chi connectivity index (χ0n) is 22.3. The third-order valence-electron chi connectivity index (χ3n) is 6.73. The summed E-state index contributed by atoms with van der Waals surface area (Å²) >= 11 is 7.38. The quantitative estimate of drug-likeness (QED) is 0.178. The van der Waals surface area contributed by atoms with Crippen LogP contribution in [0.15, 0.2) is 63.5 Å². The molecule has 3 aromatic carbocycles. The Kier molecular flexibility index (Phi) is 11.3. The molecule has 0 spiro atoms. The number of halogens is 2. The number of hydrogen-bond donors (Lipinski definition) is 1. The van der Waals surface area contributed by atoms with Crippen molar-refractivity contribution in [3.8, 4) is 23.0 Å². The van der Waals surface area contributed by atoms with Crippen LogP contribution in [0.2, 0.25) is 0 Å². The Bertz CT molecular complexity index is 1210. The van der Waals surface area contributed by atoms with Gasteiger partial charge in [-0.3, -0.25) is 4.90 Å². The first-order valence-electron chi connectivity index (χ1n) is 13.0. The molecule has 0 saturated heterocycles. The fourth-order valence-electron chi connectivity index (χ4n) is 4.62. The number of benzene rings is 3. The van der Waals surface area contributed by atoms with Gasteiger partial charge in [0.15, 0.2) is 23.0 Å². The Morgan fingerprint density at radius 3 is 2.28 bits per heavy atom. The smallest absolute Gasteiger partial charge is 0.231 e. The van der Waals surface area contributed by atoms with Gasteiger partial charge >= 0.3 is 0 Å². The Balaban J connectivity index is 1.57. The normalized spacial score (nSPS) is 13.1. The zero-order valence-corrected chi connectivity index (χ0v) is 25.5. The van der Waals surface area contributed by atoms with Crippen LogP contribution in [0.1, 0.15) is 42.0 Å². The molecule has 39 heavy (non-hydrogen) atoms. The first-order valence-corrected chi connectivity index (χ1v) is 14.6. The molecule has 0 fully saturated rings. The van der Waals surface area contributed by atoms with Gasteiger partial charge in [0.05, 0.1) is 33.5 Å². The van der Waals surface area contributed by atoms with Crippen LogP contribution in [0.3, 0.4) is 0 Å². The van der Waals surface area contributed by atoms with Crippen LogP contribution in [0.4, 0.5) is 0 Å². The zero-order chi connectivity index (χ0) is 27.6. The van der Waals surface area contributed by atoms with Crippen molar-refractivity contribution in [1.29, 1.82) is 0 Å². The summed E-state index contributed by atoms with van der Waals surface area (Å²) < 4.78 is 30.4. The second-order valence-corrected chi connectivity index (χ2v) is 11.0. The summed E-state index contributed by atoms with van der Waals surface area (Å²) in [5, 5.41) is 9.32. The predicted octanol–water partition coefficient (Wildman–Crippen LogP) is 6.88. The number of fused-ring (bicyclic) bond motifs is 1. The lowest BCUT2D eigenvalue weighted by Crippen LogP contribution is -2.32. The van der Waals surface area contributed by atoms with E-state index in [0.29, 0.717) is 31.3 Å². The van der Waals surface area contributed by atoms with Crippen LogP contribution in [0.5, 0.6) is 23.0 Å². The van der Waals surface area contributed by atoms with E-state index in [1.54, 1.807) is 14.2 Å². The van der Waals surface area contributed by atoms with Crippen molar-refractivity contribution < 1.29 is 28.8 Å². The van der Waals surface area contributed by atoms with E-state index in [1.165, 1.54) is 5.56 Å². The third kappa shape index (κ3) is 7.89. The molecule has 0 unspecified atom stereocenters. The average Bonchev–Trinajstić information content (AvgIpc) is 3.41. The van der Waals surface area contributed by atoms with Crippen molar-refractivity contribution in [3.05, 3.63) is 80.2 Å². The summed E-state index contributed by atoms with van der Waals surface area (Å²) in [6.07, 6.45) is 2.70. The first-order chi connectivity index (χ1) is 19.0. The largest absolute Gasteiger partial charge is 0.493 e. The summed E-state index contributed by atoms with van der Waals surface area (Å²) in [5.41, 5.74) is 3.28. The average molecular weight is 665 g/mol. The molecule has 1 heterocycles. The van der Waals surface area contributed by atoms with Gasteiger partial charge in [0.25, 0.3) is 0 Å². The van der Waals surface area contributed by atoms with Crippen molar-refractivity contribution in [2.75, 3.05) is 40.8 Å². The topological polar surface area (TPSA) is 69.6 Å². The first kappa shape index (κ1) is 29.7. The van der Waals surface area contributed by atoms with E-state index < -0.39 is 0 Å². The van der Waals surface area contributed by atoms with E-state index in [4.69, 9.17) is 23.7 Å². The summed E-state index contributed by atoms with van der Waals surface area (Å²) in [5.74, 6) is 2.85. The van der Waals surface area contributed by atoms with Crippen molar-refractivity contribution in [2.45, 2.75) is 38.5 Å². The monoisotopic (exact) mass is 663 g/mol. The molecule has 1 aliphatic heterocycles. The van der Waals surface area contributed by atoms with Gasteiger partial charge in [0.1, 0.15) is 0 Å². The Hall–Kier alpha value is -2.30. The number of hydrogen-bond acceptors (Lipinski definition) is 7. The fourth-order valence-corrected chi connectivity index (χ4v) is 5.51. The van der Waals surface area contributed by atoms with Gasteiger partial charge in [0.2, 0.25) is 6.79 Å². The summed E-state index contributed by atoms with van der Waals surface area (Å²) in [4.78, 5) is 2.44. The minimum absolute atomic E-state index is 0.00751. The molecule has 210 valence electrons. The number of ether oxygens (including phenoxy) is 5. The van der Waals surface area contributed by atoms with E-state index in [-0.39, 0.29) is 19.4 Å². The highest BCUT2D eigenvalue weighted by Crippen LogP contribution is 2.38. The molecule has 4 rings (SSSR count). The van der Waals surface area contributed by atoms with Crippen molar-refractivity contribution in [2.24, 2.45) is 0 Å². The van der Waals surface area contributed by atoms with Crippen molar-refractivity contribution in [1.82, 2.24) is 4.90 Å². The lowest BCUT2D eigenvalue weighted by molar-refractivity contribution is 0.0443. The van der Waals surface area contributed by atoms with Gasteiger partial charge in [-0.05, 0) is 66.8 Å². The van der Waals surface area contributed by atoms with Gasteiger partial charge < -0.3 is 28.8 Å². The van der Waals surface area contributed by atoms with E-state index in [0.717, 1.165) is 57.4 Å². The van der Waals surface area contributed by atoms with E-state index >= 15 is 0 Å². The molecule has 3 aromatic rings. The second kappa shape index (κ2) is 14.9. The Morgan fingerprint density at radius 2 is 1.56 bits per heavy atom. The molecule has 1 aliphatic rings. The molecule has 0 saturated carbocycles. The van der Waals surface area contributed by atoms with E-state index in [2.05, 4.69) is 61.0 Å². The highest BCUT2D eigenvalue weighted by molar-refractivity contribution is 9.10. The SMILES string of the molecule is COc1cc(Br)c(CN(CCCCCO)[C@@H](COCc2cc3c(cc2Br)OCO3)c2ccccc2)cc1OC. The highest BCUT2D eigenvalue weighted by Gasteiger charge is 2.23. The Morgan fingerprint density at radius 1 is 0.872 bits per heavy atom. The molecule has 0 aromatic heterocycles. The predicted molar refractivity (Wildman–Crippen MR) is 158 cm³/mol. The summed E-state index contributed by atoms with van der Waals surface area (Å²) in [6.45, 7) is 2.89. The number of aliphatic hydroxyl groups excluding tert-OH is 1. The lowest BCUT2D eigenvalue weighted by atomic mass is 10.0. The molecule has 0 radical (unpaired) electrons. The third-order valence-corrected chi connectivity index (χ3v) is 8.21. The van der Waals surface area contributed by atoms with Gasteiger partial charge in [-0.15, -0.1) is 0 Å². The number of unbranched alkanes of at least 4 members (excludes halogenated alkanes) is 2. The standard InChI is InChI=1S/C30H35Br2NO6/c1-35-27-13-22(24(31)15-28(27)36-2)17-33(11-7-4-8-12-34)26(21-9-5-3-6-10-21)19-37-18-23-14-29-30(16-25(23)32)39-20-38-29/h3,5-6,9-10,13-16,26,34H,4,7-8,11-12,17-20H2,1-2H3/t26-/m0/s1. The van der Waals surface area contributed by atoms with Crippen LogP contribution in [-0.2, 0) is 17.9 Å². The van der Waals surface area contributed by atoms with Crippen LogP contribution in [-0.4, -0.2) is 50.8 Å². The maximum Gasteiger partial charge on any atom is 0.231 e. The van der Waals surface area contributed by atoms with Gasteiger partial charge in [-0.25, -0.2) is 0 Å². The van der Waals surface area contributed by atoms with Crippen LogP contribution < -0.4 is 18.9 Å². The molecule has 1 atom stereocenters. The van der Waals surface area contributed by atoms with Gasteiger partial charge in [0, 0.05) is 22.1 Å². The molecule has 0 amide bonds. The van der Waals surface area contributed by atoms with Crippen LogP contribution in [0.25, 0.3) is 0 Å². The molecule has 0 bridgehead atoms. The number of rotatable bonds is 15. The summed E-state index contributed by atoms with van der Waals surface area (Å²) in [7, 11) is 3.29. The van der Waals surface area contributed by atoms with Gasteiger partial charge in [-0.1, -0.05) is 62.2 Å². The van der Waals surface area contributed by atoms with E-state index in [1.807, 2.05) is 30.3 Å². The van der Waals surface area contributed by atoms with E-state index in [9.17, 15) is 5.11 Å². The lowest BCUT2D eigenvalue weighted by Gasteiger charge is -2.33. The van der Waals surface area contributed by atoms with Crippen LogP contribution >= 0.6 is 31.9 Å². The maximum absolute atomic E-state index is 9.32. The van der Waals surface area contributed by atoms with Gasteiger partial charge in [-0.2, -0.15) is 0 Å².